The van der Waals surface area contributed by atoms with Gasteiger partial charge in [-0.3, -0.25) is 15.3 Å². The zero-order valence-electron chi connectivity index (χ0n) is 22.6. The molecule has 0 fully saturated rings. The van der Waals surface area contributed by atoms with Crippen molar-refractivity contribution in [3.05, 3.63) is 83.3 Å². The van der Waals surface area contributed by atoms with Crippen molar-refractivity contribution >= 4 is 11.7 Å². The molecule has 2 aromatic heterocycles. The summed E-state index contributed by atoms with van der Waals surface area (Å²) in [7, 11) is 0. The van der Waals surface area contributed by atoms with E-state index in [4.69, 9.17) is 10.5 Å². The van der Waals surface area contributed by atoms with Gasteiger partial charge in [0.2, 0.25) is 5.91 Å². The van der Waals surface area contributed by atoms with Crippen LogP contribution in [0.3, 0.4) is 0 Å². The van der Waals surface area contributed by atoms with Crippen LogP contribution in [-0.2, 0) is 24.2 Å². The van der Waals surface area contributed by atoms with E-state index in [0.717, 1.165) is 68.4 Å². The molecule has 1 amide bonds. The van der Waals surface area contributed by atoms with Gasteiger partial charge in [0, 0.05) is 24.6 Å². The quantitative estimate of drug-likeness (QED) is 0.171. The highest BCUT2D eigenvalue weighted by molar-refractivity contribution is 5.90. The summed E-state index contributed by atoms with van der Waals surface area (Å²) in [5, 5.41) is 23.4. The summed E-state index contributed by atoms with van der Waals surface area (Å²) < 4.78 is 1.87. The molecule has 2 heterocycles. The van der Waals surface area contributed by atoms with E-state index in [9.17, 15) is 4.79 Å². The number of unbranched alkanes of at least 4 members (excludes halogenated alkanes) is 7. The van der Waals surface area contributed by atoms with Crippen molar-refractivity contribution in [3.8, 4) is 22.5 Å². The van der Waals surface area contributed by atoms with Crippen LogP contribution in [0.1, 0.15) is 68.9 Å². The Balaban J connectivity index is 0.935. The molecule has 7 heteroatoms. The summed E-state index contributed by atoms with van der Waals surface area (Å²) >= 11 is 0. The summed E-state index contributed by atoms with van der Waals surface area (Å²) in [5.74, 6) is 0.594. The molecule has 0 saturated heterocycles. The van der Waals surface area contributed by atoms with Crippen LogP contribution >= 0.6 is 0 Å². The van der Waals surface area contributed by atoms with Crippen molar-refractivity contribution in [2.75, 3.05) is 5.32 Å². The summed E-state index contributed by atoms with van der Waals surface area (Å²) in [5.41, 5.74) is 7.30. The smallest absolute Gasteiger partial charge is 0.225 e. The number of fused-ring (bicyclic) bond motifs is 3. The number of hydrogen-bond acceptors (Lipinski definition) is 4. The highest BCUT2D eigenvalue weighted by Crippen LogP contribution is 2.30. The lowest BCUT2D eigenvalue weighted by molar-refractivity contribution is -0.116. The summed E-state index contributed by atoms with van der Waals surface area (Å²) in [6.45, 7) is 0.798. The number of benzene rings is 2. The molecule has 3 N–H and O–H groups in total. The Morgan fingerprint density at radius 2 is 1.54 bits per heavy atom. The number of carbonyl (C=O) groups excluding carboxylic acids is 1. The third-order valence-electron chi connectivity index (χ3n) is 7.50. The maximum absolute atomic E-state index is 12.3. The molecule has 0 atom stereocenters. The van der Waals surface area contributed by atoms with Crippen molar-refractivity contribution in [1.29, 1.82) is 5.41 Å². The first-order valence-corrected chi connectivity index (χ1v) is 14.3. The maximum Gasteiger partial charge on any atom is 0.225 e. The predicted octanol–water partition coefficient (Wildman–Crippen LogP) is 6.67. The number of nitrogens with one attached hydrogen (secondary N) is 3. The van der Waals surface area contributed by atoms with E-state index in [-0.39, 0.29) is 5.91 Å². The summed E-state index contributed by atoms with van der Waals surface area (Å²) in [6.07, 6.45) is 11.5. The Labute approximate surface area is 230 Å². The van der Waals surface area contributed by atoms with Crippen molar-refractivity contribution in [2.45, 2.75) is 77.2 Å². The van der Waals surface area contributed by atoms with E-state index in [1.165, 1.54) is 36.0 Å². The number of aromatic amines is 1. The van der Waals surface area contributed by atoms with Crippen LogP contribution in [0.4, 0.5) is 5.82 Å². The van der Waals surface area contributed by atoms with E-state index in [1.807, 2.05) is 47.1 Å². The molecule has 0 aliphatic heterocycles. The average molecular weight is 523 g/mol. The third-order valence-corrected chi connectivity index (χ3v) is 7.50. The fraction of sp³-hybridized carbons (Fsp3) is 0.375. The first kappa shape index (κ1) is 26.6. The van der Waals surface area contributed by atoms with E-state index in [2.05, 4.69) is 39.8 Å². The number of H-pyrrole nitrogens is 1. The van der Waals surface area contributed by atoms with Crippen LogP contribution in [0, 0.1) is 5.41 Å². The lowest BCUT2D eigenvalue weighted by Crippen LogP contribution is -2.25. The highest BCUT2D eigenvalue weighted by Gasteiger charge is 2.18. The van der Waals surface area contributed by atoms with Crippen molar-refractivity contribution in [1.82, 2.24) is 20.0 Å². The fourth-order valence-corrected chi connectivity index (χ4v) is 5.34. The molecule has 39 heavy (non-hydrogen) atoms. The molecule has 1 aliphatic rings. The van der Waals surface area contributed by atoms with Crippen molar-refractivity contribution in [2.24, 2.45) is 0 Å². The van der Waals surface area contributed by atoms with Crippen molar-refractivity contribution < 1.29 is 4.79 Å². The Kier molecular flexibility index (Phi) is 8.99. The molecular formula is C32H38N6O. The largest absolute Gasteiger partial charge is 0.309 e. The van der Waals surface area contributed by atoms with Crippen LogP contribution in [0.25, 0.3) is 22.5 Å². The van der Waals surface area contributed by atoms with Gasteiger partial charge in [0.05, 0.1) is 11.4 Å². The molecule has 0 radical (unpaired) electrons. The minimum absolute atomic E-state index is 0.0200. The average Bonchev–Trinajstić information content (AvgIpc) is 3.43. The number of carbonyl (C=O) groups is 1. The number of anilines is 1. The van der Waals surface area contributed by atoms with Gasteiger partial charge in [-0.25, -0.2) is 4.68 Å². The Morgan fingerprint density at radius 1 is 0.846 bits per heavy atom. The SMILES string of the molecule is N=c1cc2c(nn1CCCCCCCCCCC(=O)Nc1cc(-c3ccccc3)[nH]n1)-c1ccccc1CC2. The lowest BCUT2D eigenvalue weighted by Gasteiger charge is -2.20. The predicted molar refractivity (Wildman–Crippen MR) is 155 cm³/mol. The van der Waals surface area contributed by atoms with Crippen LogP contribution < -0.4 is 10.8 Å². The fourth-order valence-electron chi connectivity index (χ4n) is 5.34. The van der Waals surface area contributed by atoms with E-state index in [1.54, 1.807) is 0 Å². The molecule has 0 bridgehead atoms. The van der Waals surface area contributed by atoms with E-state index in [0.29, 0.717) is 17.7 Å². The molecule has 0 spiro atoms. The Bertz CT molecular complexity index is 1440. The van der Waals surface area contributed by atoms with E-state index >= 15 is 0 Å². The van der Waals surface area contributed by atoms with Gasteiger partial charge in [-0.2, -0.15) is 10.2 Å². The number of amides is 1. The second-order valence-corrected chi connectivity index (χ2v) is 10.4. The molecule has 0 saturated carbocycles. The van der Waals surface area contributed by atoms with Gasteiger partial charge in [-0.1, -0.05) is 93.1 Å². The Hall–Kier alpha value is -4.00. The zero-order valence-corrected chi connectivity index (χ0v) is 22.6. The molecule has 4 aromatic rings. The molecular weight excluding hydrogens is 484 g/mol. The number of rotatable bonds is 13. The van der Waals surface area contributed by atoms with Gasteiger partial charge in [0.1, 0.15) is 5.49 Å². The molecule has 7 nitrogen and oxygen atoms in total. The van der Waals surface area contributed by atoms with Gasteiger partial charge in [0.25, 0.3) is 0 Å². The van der Waals surface area contributed by atoms with Crippen molar-refractivity contribution in [3.63, 3.8) is 0 Å². The van der Waals surface area contributed by atoms with Gasteiger partial charge in [0.15, 0.2) is 5.82 Å². The van der Waals surface area contributed by atoms with Crippen LogP contribution in [0.15, 0.2) is 66.7 Å². The van der Waals surface area contributed by atoms with Crippen LogP contribution in [0.2, 0.25) is 0 Å². The van der Waals surface area contributed by atoms with Gasteiger partial charge in [-0.15, -0.1) is 0 Å². The summed E-state index contributed by atoms with van der Waals surface area (Å²) in [6, 6.07) is 22.4. The summed E-state index contributed by atoms with van der Waals surface area (Å²) in [4.78, 5) is 12.3. The molecule has 1 aliphatic carbocycles. The first-order valence-electron chi connectivity index (χ1n) is 14.3. The molecule has 0 unspecified atom stereocenters. The normalized spacial score (nSPS) is 12.1. The Morgan fingerprint density at radius 3 is 2.36 bits per heavy atom. The first-order chi connectivity index (χ1) is 19.2. The zero-order chi connectivity index (χ0) is 26.9. The molecule has 202 valence electrons. The van der Waals surface area contributed by atoms with Gasteiger partial charge < -0.3 is 5.32 Å². The number of aromatic nitrogens is 4. The minimum atomic E-state index is 0.0200. The lowest BCUT2D eigenvalue weighted by atomic mass is 9.89. The topological polar surface area (TPSA) is 99.5 Å². The van der Waals surface area contributed by atoms with Crippen LogP contribution in [-0.4, -0.2) is 25.9 Å². The van der Waals surface area contributed by atoms with Gasteiger partial charge in [-0.05, 0) is 48.4 Å². The van der Waals surface area contributed by atoms with Gasteiger partial charge >= 0.3 is 0 Å². The molecule has 2 aromatic carbocycles. The number of nitrogens with zero attached hydrogens (tertiary/aromatic N) is 3. The third kappa shape index (κ3) is 7.11. The minimum Gasteiger partial charge on any atom is -0.309 e. The highest BCUT2D eigenvalue weighted by atomic mass is 16.1. The van der Waals surface area contributed by atoms with E-state index < -0.39 is 0 Å². The number of aryl methyl sites for hydroxylation is 3. The monoisotopic (exact) mass is 522 g/mol. The second-order valence-electron chi connectivity index (χ2n) is 10.4. The molecule has 5 rings (SSSR count). The number of hydrogen-bond donors (Lipinski definition) is 3. The standard InChI is InChI=1S/C32H38N6O/c33-29-22-26-20-19-24-14-11-12-17-27(24)32(26)37-38(29)21-13-6-4-2-1-3-5-10-18-31(39)34-30-23-28(35-36-30)25-15-8-7-9-16-25/h7-9,11-12,14-17,22-23,33H,1-6,10,13,18-21H2,(H2,34,35,36,39). The van der Waals surface area contributed by atoms with Crippen LogP contribution in [0.5, 0.6) is 0 Å². The maximum atomic E-state index is 12.3. The second kappa shape index (κ2) is 13.2.